The van der Waals surface area contributed by atoms with E-state index in [9.17, 15) is 5.26 Å². The van der Waals surface area contributed by atoms with Gasteiger partial charge in [-0.15, -0.1) is 0 Å². The molecule has 0 saturated carbocycles. The fourth-order valence-corrected chi connectivity index (χ4v) is 11.8. The number of aromatic nitrogens is 4. The van der Waals surface area contributed by atoms with Gasteiger partial charge in [-0.2, -0.15) is 5.26 Å². The molecular formula is C66H61N5O. The van der Waals surface area contributed by atoms with Gasteiger partial charge in [-0.1, -0.05) is 156 Å². The average Bonchev–Trinajstić information content (AvgIpc) is 3.99. The summed E-state index contributed by atoms with van der Waals surface area (Å²) in [5.41, 5.74) is 18.5. The third kappa shape index (κ3) is 6.66. The van der Waals surface area contributed by atoms with Crippen molar-refractivity contribution in [1.29, 1.82) is 5.26 Å². The first kappa shape index (κ1) is 45.4. The lowest BCUT2D eigenvalue weighted by molar-refractivity contribution is -0.572. The highest BCUT2D eigenvalue weighted by atomic mass is 16.5. The van der Waals surface area contributed by atoms with Crippen molar-refractivity contribution in [2.75, 3.05) is 0 Å². The van der Waals surface area contributed by atoms with Crippen LogP contribution in [0.4, 0.5) is 0 Å². The SMILES string of the molecule is CC(C)(C)c1cc2c(c(C(C)(C)C)c1)C1(c3ccc(Oc4ccc5c6ccccc6n(-c6ccccn6)c5c4)cc3-n3[c-][n+](-c4ccc(C#N)cc4)c4cccc1c43)c1c-2cc(C(C)(C)C)cc1C(C)(C)C. The van der Waals surface area contributed by atoms with E-state index in [1.165, 1.54) is 55.6 Å². The highest BCUT2D eigenvalue weighted by molar-refractivity contribution is 6.09. The number of ether oxygens (including phenoxy) is 1. The number of hydrogen-bond acceptors (Lipinski definition) is 3. The quantitative estimate of drug-likeness (QED) is 0.130. The molecule has 7 aromatic carbocycles. The maximum atomic E-state index is 9.83. The third-order valence-corrected chi connectivity index (χ3v) is 15.4. The van der Waals surface area contributed by atoms with Crippen LogP contribution >= 0.6 is 0 Å². The van der Waals surface area contributed by atoms with Gasteiger partial charge in [-0.05, 0) is 144 Å². The summed E-state index contributed by atoms with van der Waals surface area (Å²) in [6.45, 7) is 28.4. The summed E-state index contributed by atoms with van der Waals surface area (Å²) in [6, 6.07) is 54.8. The van der Waals surface area contributed by atoms with Crippen molar-refractivity contribution in [1.82, 2.24) is 14.1 Å². The predicted molar refractivity (Wildman–Crippen MR) is 293 cm³/mol. The highest BCUT2D eigenvalue weighted by Gasteiger charge is 2.55. The van der Waals surface area contributed by atoms with E-state index in [-0.39, 0.29) is 21.7 Å². The number of pyridine rings is 1. The topological polar surface area (TPSA) is 59.6 Å². The number of nitrogens with zero attached hydrogens (tertiary/aromatic N) is 5. The average molecular weight is 940 g/mol. The van der Waals surface area contributed by atoms with Gasteiger partial charge in [0.2, 0.25) is 0 Å². The summed E-state index contributed by atoms with van der Waals surface area (Å²) < 4.78 is 13.8. The molecule has 0 N–H and O–H groups in total. The lowest BCUT2D eigenvalue weighted by Crippen LogP contribution is -2.38. The maximum Gasteiger partial charge on any atom is 0.269 e. The normalized spacial score (nSPS) is 13.9. The molecule has 1 spiro atoms. The molecular weight excluding hydrogens is 879 g/mol. The van der Waals surface area contributed by atoms with Gasteiger partial charge >= 0.3 is 0 Å². The first-order valence-corrected chi connectivity index (χ1v) is 25.3. The Balaban J connectivity index is 1.19. The predicted octanol–water partition coefficient (Wildman–Crippen LogP) is 15.7. The summed E-state index contributed by atoms with van der Waals surface area (Å²) in [4.78, 5) is 4.80. The van der Waals surface area contributed by atoms with E-state index < -0.39 is 5.41 Å². The molecule has 4 heterocycles. The Morgan fingerprint density at radius 3 is 1.79 bits per heavy atom. The van der Waals surface area contributed by atoms with E-state index in [0.29, 0.717) is 5.56 Å². The van der Waals surface area contributed by atoms with Crippen LogP contribution in [-0.2, 0) is 27.1 Å². The van der Waals surface area contributed by atoms with Crippen molar-refractivity contribution in [2.45, 2.75) is 110 Å². The first-order valence-electron chi connectivity index (χ1n) is 25.3. The van der Waals surface area contributed by atoms with Crippen molar-refractivity contribution in [2.24, 2.45) is 0 Å². The zero-order valence-corrected chi connectivity index (χ0v) is 43.6. The van der Waals surface area contributed by atoms with E-state index in [1.807, 2.05) is 42.6 Å². The van der Waals surface area contributed by atoms with Crippen molar-refractivity contribution < 1.29 is 9.30 Å². The molecule has 2 aliphatic rings. The minimum absolute atomic E-state index is 0.0958. The van der Waals surface area contributed by atoms with Crippen LogP contribution in [0.2, 0.25) is 0 Å². The monoisotopic (exact) mass is 939 g/mol. The largest absolute Gasteiger partial charge is 0.458 e. The lowest BCUT2D eigenvalue weighted by Gasteiger charge is -2.44. The van der Waals surface area contributed by atoms with Gasteiger partial charge in [0.25, 0.3) is 6.33 Å². The molecule has 0 amide bonds. The van der Waals surface area contributed by atoms with Gasteiger partial charge in [-0.3, -0.25) is 13.7 Å². The van der Waals surface area contributed by atoms with Gasteiger partial charge in [0, 0.05) is 23.0 Å². The number of rotatable bonds is 4. The second-order valence-electron chi connectivity index (χ2n) is 24.2. The molecule has 1 aliphatic carbocycles. The summed E-state index contributed by atoms with van der Waals surface area (Å²) in [6.07, 6.45) is 5.73. The molecule has 0 radical (unpaired) electrons. The van der Waals surface area contributed by atoms with Crippen LogP contribution in [0, 0.1) is 17.7 Å². The Kier molecular flexibility index (Phi) is 9.69. The molecule has 3 aromatic heterocycles. The van der Waals surface area contributed by atoms with Gasteiger partial charge in [0.05, 0.1) is 50.5 Å². The second-order valence-corrected chi connectivity index (χ2v) is 24.2. The minimum Gasteiger partial charge on any atom is -0.458 e. The van der Waals surface area contributed by atoms with Crippen molar-refractivity contribution in [3.8, 4) is 45.9 Å². The third-order valence-electron chi connectivity index (χ3n) is 15.4. The first-order chi connectivity index (χ1) is 34.2. The van der Waals surface area contributed by atoms with Gasteiger partial charge < -0.3 is 4.74 Å². The van der Waals surface area contributed by atoms with E-state index in [2.05, 4.69) is 218 Å². The number of benzene rings is 7. The van der Waals surface area contributed by atoms with E-state index in [4.69, 9.17) is 9.72 Å². The molecule has 0 saturated heterocycles. The van der Waals surface area contributed by atoms with E-state index >= 15 is 0 Å². The van der Waals surface area contributed by atoms with Crippen LogP contribution in [0.5, 0.6) is 11.5 Å². The number of fused-ring (bicyclic) bond motifs is 12. The van der Waals surface area contributed by atoms with Crippen molar-refractivity contribution in [3.63, 3.8) is 0 Å². The Labute approximate surface area is 423 Å². The van der Waals surface area contributed by atoms with Crippen LogP contribution in [0.15, 0.2) is 152 Å². The molecule has 6 heteroatoms. The molecule has 0 unspecified atom stereocenters. The van der Waals surface area contributed by atoms with Crippen LogP contribution in [0.3, 0.4) is 0 Å². The van der Waals surface area contributed by atoms with Gasteiger partial charge in [-0.25, -0.2) is 4.98 Å². The van der Waals surface area contributed by atoms with E-state index in [1.54, 1.807) is 0 Å². The number of imidazole rings is 1. The molecule has 0 bridgehead atoms. The fourth-order valence-electron chi connectivity index (χ4n) is 11.8. The van der Waals surface area contributed by atoms with Crippen LogP contribution in [0.1, 0.15) is 133 Å². The summed E-state index contributed by atoms with van der Waals surface area (Å²) in [7, 11) is 0. The van der Waals surface area contributed by atoms with Crippen LogP contribution in [0.25, 0.3) is 61.2 Å². The Morgan fingerprint density at radius 2 is 1.18 bits per heavy atom. The summed E-state index contributed by atoms with van der Waals surface area (Å²) in [5, 5.41) is 12.1. The lowest BCUT2D eigenvalue weighted by atomic mass is 9.60. The molecule has 0 atom stereocenters. The van der Waals surface area contributed by atoms with Crippen LogP contribution in [-0.4, -0.2) is 14.1 Å². The van der Waals surface area contributed by atoms with Gasteiger partial charge in [0.15, 0.2) is 0 Å². The zero-order chi connectivity index (χ0) is 50.4. The second kappa shape index (κ2) is 15.4. The molecule has 6 nitrogen and oxygen atoms in total. The molecule has 10 aromatic rings. The Bertz CT molecular complexity index is 3840. The van der Waals surface area contributed by atoms with Crippen LogP contribution < -0.4 is 9.30 Å². The smallest absolute Gasteiger partial charge is 0.269 e. The summed E-state index contributed by atoms with van der Waals surface area (Å²) in [5.74, 6) is 2.31. The van der Waals surface area contributed by atoms with E-state index in [0.717, 1.165) is 61.5 Å². The molecule has 356 valence electrons. The zero-order valence-electron chi connectivity index (χ0n) is 43.6. The number of nitriles is 1. The Morgan fingerprint density at radius 1 is 0.569 bits per heavy atom. The molecule has 1 aliphatic heterocycles. The van der Waals surface area contributed by atoms with Crippen molar-refractivity contribution >= 4 is 32.8 Å². The highest BCUT2D eigenvalue weighted by Crippen LogP contribution is 2.65. The number of hydrogen-bond donors (Lipinski definition) is 0. The Hall–Kier alpha value is -7.75. The molecule has 72 heavy (non-hydrogen) atoms. The summed E-state index contributed by atoms with van der Waals surface area (Å²) >= 11 is 0. The minimum atomic E-state index is -0.747. The van der Waals surface area contributed by atoms with Crippen molar-refractivity contribution in [3.05, 3.63) is 208 Å². The fraction of sp³-hybridized carbons (Fsp3) is 0.258. The van der Waals surface area contributed by atoms with Gasteiger partial charge in [0.1, 0.15) is 17.3 Å². The molecule has 12 rings (SSSR count). The number of para-hydroxylation sites is 2. The maximum absolute atomic E-state index is 9.83. The standard InChI is InChI=1S/C66H61N5O/c1-62(2,3)41-32-48-49-33-42(63(4,5)6)35-53(65(10,11)12)60(49)66(59(48)52(34-41)64(7,8)9)50-30-28-45(37-57(50)70-39-69(43-25-23-40(38-67)24-26-43)55-21-17-19-51(66)61(55)70)72-44-27-29-47-46-18-13-14-20-54(46)71(56(47)36-44)58-22-15-16-31-68-58/h13-37H,1-12H3. The molecule has 0 fully saturated rings.